The van der Waals surface area contributed by atoms with Crippen LogP contribution >= 0.6 is 11.3 Å². The molecule has 2 aromatic heterocycles. The molecule has 0 radical (unpaired) electrons. The fourth-order valence-electron chi connectivity index (χ4n) is 2.48. The summed E-state index contributed by atoms with van der Waals surface area (Å²) in [7, 11) is 0. The van der Waals surface area contributed by atoms with Crippen molar-refractivity contribution < 1.29 is 13.9 Å². The smallest absolute Gasteiger partial charge is 0.271 e. The third-order valence-electron chi connectivity index (χ3n) is 3.62. The van der Waals surface area contributed by atoms with Gasteiger partial charge in [0.25, 0.3) is 5.91 Å². The number of nitrogens with zero attached hydrogens (tertiary/aromatic N) is 1. The monoisotopic (exact) mass is 306 g/mol. The molecule has 1 N–H and O–H groups in total. The Balaban J connectivity index is 1.72. The van der Waals surface area contributed by atoms with Crippen LogP contribution in [0.15, 0.2) is 22.8 Å². The maximum atomic E-state index is 12.4. The van der Waals surface area contributed by atoms with Crippen molar-refractivity contribution in [1.29, 1.82) is 0 Å². The molecule has 5 nitrogen and oxygen atoms in total. The number of rotatable bonds is 4. The lowest BCUT2D eigenvalue weighted by molar-refractivity contribution is 0.0709. The summed E-state index contributed by atoms with van der Waals surface area (Å²) in [5.41, 5.74) is 0.469. The van der Waals surface area contributed by atoms with Gasteiger partial charge >= 0.3 is 0 Å². The highest BCUT2D eigenvalue weighted by molar-refractivity contribution is 7.15. The SMILES string of the molecule is Cc1sc(-c2ccco2)nc1C(=O)N[C@H](C)[C@H]1CCCO1. The van der Waals surface area contributed by atoms with Crippen molar-refractivity contribution in [3.05, 3.63) is 29.0 Å². The van der Waals surface area contributed by atoms with Gasteiger partial charge in [-0.15, -0.1) is 11.3 Å². The van der Waals surface area contributed by atoms with Gasteiger partial charge in [0.15, 0.2) is 10.8 Å². The quantitative estimate of drug-likeness (QED) is 0.943. The Kier molecular flexibility index (Phi) is 4.07. The Morgan fingerprint density at radius 3 is 3.10 bits per heavy atom. The first-order valence-corrected chi connectivity index (χ1v) is 7.90. The molecule has 6 heteroatoms. The number of hydrogen-bond donors (Lipinski definition) is 1. The molecule has 1 fully saturated rings. The summed E-state index contributed by atoms with van der Waals surface area (Å²) < 4.78 is 10.9. The van der Waals surface area contributed by atoms with Crippen LogP contribution in [0.3, 0.4) is 0 Å². The molecule has 0 unspecified atom stereocenters. The molecule has 0 spiro atoms. The normalized spacial score (nSPS) is 19.6. The van der Waals surface area contributed by atoms with Gasteiger partial charge in [-0.2, -0.15) is 0 Å². The molecule has 1 saturated heterocycles. The predicted molar refractivity (Wildman–Crippen MR) is 80.5 cm³/mol. The van der Waals surface area contributed by atoms with Crippen LogP contribution in [-0.4, -0.2) is 29.6 Å². The molecule has 0 bridgehead atoms. The van der Waals surface area contributed by atoms with E-state index in [9.17, 15) is 4.79 Å². The van der Waals surface area contributed by atoms with Crippen LogP contribution in [0.25, 0.3) is 10.8 Å². The van der Waals surface area contributed by atoms with E-state index in [-0.39, 0.29) is 18.1 Å². The van der Waals surface area contributed by atoms with Crippen LogP contribution in [-0.2, 0) is 4.74 Å². The third-order valence-corrected chi connectivity index (χ3v) is 4.61. The van der Waals surface area contributed by atoms with Gasteiger partial charge in [-0.3, -0.25) is 4.79 Å². The number of thiazole rings is 1. The van der Waals surface area contributed by atoms with Crippen molar-refractivity contribution in [3.63, 3.8) is 0 Å². The van der Waals surface area contributed by atoms with E-state index in [4.69, 9.17) is 9.15 Å². The Morgan fingerprint density at radius 2 is 2.43 bits per heavy atom. The van der Waals surface area contributed by atoms with Gasteiger partial charge in [-0.25, -0.2) is 4.98 Å². The second-order valence-electron chi connectivity index (χ2n) is 5.21. The van der Waals surface area contributed by atoms with E-state index in [1.807, 2.05) is 26.0 Å². The molecule has 1 amide bonds. The summed E-state index contributed by atoms with van der Waals surface area (Å²) in [5.74, 6) is 0.541. The molecular formula is C15H18N2O3S. The van der Waals surface area contributed by atoms with Crippen LogP contribution < -0.4 is 5.32 Å². The molecular weight excluding hydrogens is 288 g/mol. The minimum Gasteiger partial charge on any atom is -0.462 e. The number of hydrogen-bond acceptors (Lipinski definition) is 5. The molecule has 1 aliphatic heterocycles. The summed E-state index contributed by atoms with van der Waals surface area (Å²) in [5, 5.41) is 3.72. The third kappa shape index (κ3) is 3.01. The van der Waals surface area contributed by atoms with Gasteiger partial charge < -0.3 is 14.5 Å². The first-order valence-electron chi connectivity index (χ1n) is 7.09. The van der Waals surface area contributed by atoms with E-state index < -0.39 is 0 Å². The molecule has 3 rings (SSSR count). The van der Waals surface area contributed by atoms with E-state index in [2.05, 4.69) is 10.3 Å². The minimum absolute atomic E-state index is 0.00633. The van der Waals surface area contributed by atoms with E-state index in [1.54, 1.807) is 6.26 Å². The van der Waals surface area contributed by atoms with Gasteiger partial charge in [0.05, 0.1) is 18.4 Å². The molecule has 2 atom stereocenters. The predicted octanol–water partition coefficient (Wildman–Crippen LogP) is 3.01. The Bertz CT molecular complexity index is 615. The number of amides is 1. The fourth-order valence-corrected chi connectivity index (χ4v) is 3.36. The molecule has 112 valence electrons. The fraction of sp³-hybridized carbons (Fsp3) is 0.467. The zero-order valence-electron chi connectivity index (χ0n) is 12.1. The van der Waals surface area contributed by atoms with Crippen LogP contribution in [0, 0.1) is 6.92 Å². The number of nitrogens with one attached hydrogen (secondary N) is 1. The standard InChI is InChI=1S/C15H18N2O3S/c1-9(11-5-3-7-19-11)16-14(18)13-10(2)21-15(17-13)12-6-4-8-20-12/h4,6,8-9,11H,3,5,7H2,1-2H3,(H,16,18)/t9-,11-/m1/s1. The highest BCUT2D eigenvalue weighted by atomic mass is 32.1. The van der Waals surface area contributed by atoms with Gasteiger partial charge in [-0.1, -0.05) is 0 Å². The summed E-state index contributed by atoms with van der Waals surface area (Å²) in [6.45, 7) is 4.65. The number of ether oxygens (including phenoxy) is 1. The molecule has 3 heterocycles. The Hall–Kier alpha value is -1.66. The maximum Gasteiger partial charge on any atom is 0.271 e. The number of carbonyl (C=O) groups excluding carboxylic acids is 1. The van der Waals surface area contributed by atoms with E-state index in [0.717, 1.165) is 29.3 Å². The number of aromatic nitrogens is 1. The van der Waals surface area contributed by atoms with Crippen LogP contribution in [0.1, 0.15) is 35.1 Å². The lowest BCUT2D eigenvalue weighted by Gasteiger charge is -2.19. The maximum absolute atomic E-state index is 12.4. The van der Waals surface area contributed by atoms with Crippen molar-refractivity contribution in [2.24, 2.45) is 0 Å². The largest absolute Gasteiger partial charge is 0.462 e. The average Bonchev–Trinajstić information content (AvgIpc) is 3.20. The van der Waals surface area contributed by atoms with Crippen molar-refractivity contribution in [1.82, 2.24) is 10.3 Å². The molecule has 2 aromatic rings. The zero-order valence-corrected chi connectivity index (χ0v) is 12.9. The van der Waals surface area contributed by atoms with Crippen LogP contribution in [0.5, 0.6) is 0 Å². The highest BCUT2D eigenvalue weighted by Crippen LogP contribution is 2.28. The van der Waals surface area contributed by atoms with Gasteiger partial charge in [0.1, 0.15) is 5.69 Å². The van der Waals surface area contributed by atoms with Crippen molar-refractivity contribution in [2.75, 3.05) is 6.61 Å². The number of furan rings is 1. The minimum atomic E-state index is -0.149. The lowest BCUT2D eigenvalue weighted by atomic mass is 10.1. The van der Waals surface area contributed by atoms with Gasteiger partial charge in [0, 0.05) is 11.5 Å². The number of carbonyl (C=O) groups is 1. The van der Waals surface area contributed by atoms with Crippen LogP contribution in [0.4, 0.5) is 0 Å². The van der Waals surface area contributed by atoms with E-state index in [1.165, 1.54) is 11.3 Å². The molecule has 0 aromatic carbocycles. The topological polar surface area (TPSA) is 64.4 Å². The molecule has 0 aliphatic carbocycles. The number of aryl methyl sites for hydroxylation is 1. The molecule has 0 saturated carbocycles. The van der Waals surface area contributed by atoms with Crippen molar-refractivity contribution in [2.45, 2.75) is 38.8 Å². The lowest BCUT2D eigenvalue weighted by Crippen LogP contribution is -2.41. The van der Waals surface area contributed by atoms with Gasteiger partial charge in [0.2, 0.25) is 0 Å². The summed E-state index contributed by atoms with van der Waals surface area (Å²) in [6, 6.07) is 3.65. The molecule has 21 heavy (non-hydrogen) atoms. The Morgan fingerprint density at radius 1 is 1.57 bits per heavy atom. The first-order chi connectivity index (χ1) is 10.1. The second kappa shape index (κ2) is 5.99. The summed E-state index contributed by atoms with van der Waals surface area (Å²) >= 11 is 1.46. The van der Waals surface area contributed by atoms with E-state index in [0.29, 0.717) is 11.5 Å². The summed E-state index contributed by atoms with van der Waals surface area (Å²) in [6.07, 6.45) is 3.77. The van der Waals surface area contributed by atoms with Crippen molar-refractivity contribution in [3.8, 4) is 10.8 Å². The molecule has 1 aliphatic rings. The van der Waals surface area contributed by atoms with Crippen LogP contribution in [0.2, 0.25) is 0 Å². The van der Waals surface area contributed by atoms with E-state index >= 15 is 0 Å². The van der Waals surface area contributed by atoms with Crippen molar-refractivity contribution >= 4 is 17.2 Å². The first kappa shape index (κ1) is 14.3. The second-order valence-corrected chi connectivity index (χ2v) is 6.42. The van der Waals surface area contributed by atoms with Gasteiger partial charge in [-0.05, 0) is 38.8 Å². The zero-order chi connectivity index (χ0) is 14.8. The highest BCUT2D eigenvalue weighted by Gasteiger charge is 2.25. The Labute approximate surface area is 127 Å². The summed E-state index contributed by atoms with van der Waals surface area (Å²) in [4.78, 5) is 17.7. The average molecular weight is 306 g/mol.